The summed E-state index contributed by atoms with van der Waals surface area (Å²) in [6.07, 6.45) is 0. The molecule has 0 saturated carbocycles. The van der Waals surface area contributed by atoms with Crippen molar-refractivity contribution in [2.45, 2.75) is 19.5 Å². The smallest absolute Gasteiger partial charge is 0.0558 e. The molecule has 0 aromatic heterocycles. The Morgan fingerprint density at radius 2 is 2.00 bits per heavy atom. The zero-order valence-electron chi connectivity index (χ0n) is 9.26. The highest BCUT2D eigenvalue weighted by Crippen LogP contribution is 2.07. The van der Waals surface area contributed by atoms with Crippen LogP contribution < -0.4 is 5.73 Å². The highest BCUT2D eigenvalue weighted by atomic mass is 16.3. The van der Waals surface area contributed by atoms with Gasteiger partial charge in [0, 0.05) is 25.7 Å². The minimum Gasteiger partial charge on any atom is -0.395 e. The third kappa shape index (κ3) is 4.00. The number of benzene rings is 1. The van der Waals surface area contributed by atoms with E-state index in [2.05, 4.69) is 24.0 Å². The average Bonchev–Trinajstić information content (AvgIpc) is 2.29. The van der Waals surface area contributed by atoms with Crippen molar-refractivity contribution >= 4 is 0 Å². The lowest BCUT2D eigenvalue weighted by Crippen LogP contribution is -2.39. The van der Waals surface area contributed by atoms with Gasteiger partial charge in [0.05, 0.1) is 6.61 Å². The molecule has 1 rings (SSSR count). The van der Waals surface area contributed by atoms with Crippen molar-refractivity contribution < 1.29 is 5.11 Å². The Kier molecular flexibility index (Phi) is 5.32. The molecule has 3 N–H and O–H groups in total. The van der Waals surface area contributed by atoms with E-state index in [1.54, 1.807) is 0 Å². The van der Waals surface area contributed by atoms with Gasteiger partial charge < -0.3 is 10.8 Å². The molecule has 1 aromatic carbocycles. The standard InChI is InChI=1S/C12H20N2O/c1-11(9-13)14(7-8-15)10-12-5-3-2-4-6-12/h2-6,11,15H,7-10,13H2,1H3. The normalized spacial score (nSPS) is 13.1. The Hall–Kier alpha value is -0.900. The second-order valence-electron chi connectivity index (χ2n) is 3.76. The minimum absolute atomic E-state index is 0.178. The molecule has 0 radical (unpaired) electrons. The summed E-state index contributed by atoms with van der Waals surface area (Å²) in [5, 5.41) is 8.98. The average molecular weight is 208 g/mol. The topological polar surface area (TPSA) is 49.5 Å². The molecule has 3 heteroatoms. The molecule has 1 aromatic rings. The molecule has 0 aliphatic heterocycles. The van der Waals surface area contributed by atoms with Crippen LogP contribution >= 0.6 is 0 Å². The largest absolute Gasteiger partial charge is 0.395 e. The molecule has 1 atom stereocenters. The second-order valence-corrected chi connectivity index (χ2v) is 3.76. The van der Waals surface area contributed by atoms with E-state index in [1.165, 1.54) is 5.56 Å². The summed E-state index contributed by atoms with van der Waals surface area (Å²) < 4.78 is 0. The fraction of sp³-hybridized carbons (Fsp3) is 0.500. The summed E-state index contributed by atoms with van der Waals surface area (Å²) in [6, 6.07) is 10.5. The summed E-state index contributed by atoms with van der Waals surface area (Å²) in [7, 11) is 0. The first kappa shape index (κ1) is 12.2. The molecule has 0 heterocycles. The number of hydrogen-bond donors (Lipinski definition) is 2. The zero-order valence-corrected chi connectivity index (χ0v) is 9.26. The van der Waals surface area contributed by atoms with E-state index in [9.17, 15) is 0 Å². The third-order valence-corrected chi connectivity index (χ3v) is 2.58. The van der Waals surface area contributed by atoms with Crippen molar-refractivity contribution in [3.63, 3.8) is 0 Å². The van der Waals surface area contributed by atoms with E-state index >= 15 is 0 Å². The highest BCUT2D eigenvalue weighted by molar-refractivity contribution is 5.14. The number of aliphatic hydroxyl groups excluding tert-OH is 1. The van der Waals surface area contributed by atoms with Crippen molar-refractivity contribution in [2.24, 2.45) is 5.73 Å². The maximum absolute atomic E-state index is 8.98. The molecule has 1 unspecified atom stereocenters. The van der Waals surface area contributed by atoms with E-state index < -0.39 is 0 Å². The van der Waals surface area contributed by atoms with Crippen LogP contribution in [0.5, 0.6) is 0 Å². The Morgan fingerprint density at radius 1 is 1.33 bits per heavy atom. The van der Waals surface area contributed by atoms with Crippen molar-refractivity contribution in [2.75, 3.05) is 19.7 Å². The Labute approximate surface area is 91.5 Å². The van der Waals surface area contributed by atoms with Gasteiger partial charge in [0.15, 0.2) is 0 Å². The predicted octanol–water partition coefficient (Wildman–Crippen LogP) is 0.828. The Morgan fingerprint density at radius 3 is 2.53 bits per heavy atom. The fourth-order valence-corrected chi connectivity index (χ4v) is 1.55. The molecule has 0 aliphatic carbocycles. The van der Waals surface area contributed by atoms with Gasteiger partial charge in [-0.05, 0) is 12.5 Å². The molecule has 0 aliphatic rings. The molecule has 0 saturated heterocycles. The van der Waals surface area contributed by atoms with Crippen LogP contribution in [0.1, 0.15) is 12.5 Å². The summed E-state index contributed by atoms with van der Waals surface area (Å²) in [4.78, 5) is 2.19. The van der Waals surface area contributed by atoms with E-state index in [1.807, 2.05) is 18.2 Å². The first-order valence-electron chi connectivity index (χ1n) is 5.36. The lowest BCUT2D eigenvalue weighted by molar-refractivity contribution is 0.154. The van der Waals surface area contributed by atoms with Gasteiger partial charge in [-0.1, -0.05) is 30.3 Å². The van der Waals surface area contributed by atoms with Gasteiger partial charge in [0.2, 0.25) is 0 Å². The SMILES string of the molecule is CC(CN)N(CCO)Cc1ccccc1. The Balaban J connectivity index is 2.58. The molecular weight excluding hydrogens is 188 g/mol. The van der Waals surface area contributed by atoms with E-state index in [0.29, 0.717) is 19.1 Å². The number of hydrogen-bond acceptors (Lipinski definition) is 3. The van der Waals surface area contributed by atoms with E-state index in [4.69, 9.17) is 10.8 Å². The number of aliphatic hydroxyl groups is 1. The van der Waals surface area contributed by atoms with Gasteiger partial charge >= 0.3 is 0 Å². The monoisotopic (exact) mass is 208 g/mol. The van der Waals surface area contributed by atoms with Crippen molar-refractivity contribution in [1.82, 2.24) is 4.90 Å². The lowest BCUT2D eigenvalue weighted by Gasteiger charge is -2.27. The number of rotatable bonds is 6. The molecule has 0 spiro atoms. The third-order valence-electron chi connectivity index (χ3n) is 2.58. The minimum atomic E-state index is 0.178. The zero-order chi connectivity index (χ0) is 11.1. The first-order valence-corrected chi connectivity index (χ1v) is 5.36. The first-order chi connectivity index (χ1) is 7.27. The van der Waals surface area contributed by atoms with Gasteiger partial charge in [-0.15, -0.1) is 0 Å². The Bertz CT molecular complexity index is 264. The summed E-state index contributed by atoms with van der Waals surface area (Å²) in [6.45, 7) is 4.40. The summed E-state index contributed by atoms with van der Waals surface area (Å²) in [5.74, 6) is 0. The second kappa shape index (κ2) is 6.56. The van der Waals surface area contributed by atoms with Crippen LogP contribution in [0.3, 0.4) is 0 Å². The van der Waals surface area contributed by atoms with Crippen LogP contribution in [0.25, 0.3) is 0 Å². The molecule has 0 amide bonds. The van der Waals surface area contributed by atoms with Gasteiger partial charge in [-0.25, -0.2) is 0 Å². The highest BCUT2D eigenvalue weighted by Gasteiger charge is 2.11. The van der Waals surface area contributed by atoms with Gasteiger partial charge in [0.25, 0.3) is 0 Å². The van der Waals surface area contributed by atoms with Crippen LogP contribution in [0.2, 0.25) is 0 Å². The van der Waals surface area contributed by atoms with Crippen LogP contribution in [0, 0.1) is 0 Å². The maximum Gasteiger partial charge on any atom is 0.0558 e. The lowest BCUT2D eigenvalue weighted by atomic mass is 10.2. The van der Waals surface area contributed by atoms with Crippen LogP contribution in [0.15, 0.2) is 30.3 Å². The molecule has 0 fully saturated rings. The molecule has 15 heavy (non-hydrogen) atoms. The van der Waals surface area contributed by atoms with Crippen molar-refractivity contribution in [1.29, 1.82) is 0 Å². The van der Waals surface area contributed by atoms with Crippen LogP contribution in [-0.4, -0.2) is 35.7 Å². The van der Waals surface area contributed by atoms with Crippen LogP contribution in [0.4, 0.5) is 0 Å². The van der Waals surface area contributed by atoms with Crippen LogP contribution in [-0.2, 0) is 6.54 Å². The fourth-order valence-electron chi connectivity index (χ4n) is 1.55. The van der Waals surface area contributed by atoms with Gasteiger partial charge in [0.1, 0.15) is 0 Å². The van der Waals surface area contributed by atoms with E-state index in [0.717, 1.165) is 6.54 Å². The molecule has 84 valence electrons. The number of nitrogens with zero attached hydrogens (tertiary/aromatic N) is 1. The quantitative estimate of drug-likeness (QED) is 0.728. The molecular formula is C12H20N2O. The summed E-state index contributed by atoms with van der Waals surface area (Å²) in [5.41, 5.74) is 6.89. The predicted molar refractivity (Wildman–Crippen MR) is 62.5 cm³/mol. The maximum atomic E-state index is 8.98. The van der Waals surface area contributed by atoms with Gasteiger partial charge in [-0.2, -0.15) is 0 Å². The van der Waals surface area contributed by atoms with Crippen molar-refractivity contribution in [3.05, 3.63) is 35.9 Å². The molecule has 3 nitrogen and oxygen atoms in total. The molecule has 0 bridgehead atoms. The van der Waals surface area contributed by atoms with Crippen molar-refractivity contribution in [3.8, 4) is 0 Å². The summed E-state index contributed by atoms with van der Waals surface area (Å²) >= 11 is 0. The number of nitrogens with two attached hydrogens (primary N) is 1. The van der Waals surface area contributed by atoms with E-state index in [-0.39, 0.29) is 6.61 Å². The van der Waals surface area contributed by atoms with Gasteiger partial charge in [-0.3, -0.25) is 4.90 Å².